The zero-order valence-corrected chi connectivity index (χ0v) is 11.7. The second-order valence-corrected chi connectivity index (χ2v) is 5.81. The number of aromatic nitrogens is 5. The van der Waals surface area contributed by atoms with E-state index in [0.29, 0.717) is 6.10 Å². The minimum absolute atomic E-state index is 0.219. The van der Waals surface area contributed by atoms with Crippen LogP contribution in [-0.2, 0) is 11.8 Å². The molecule has 4 rings (SSSR count). The number of fused-ring (bicyclic) bond motifs is 1. The average molecular weight is 274 g/mol. The summed E-state index contributed by atoms with van der Waals surface area (Å²) in [4.78, 5) is 11.0. The molecule has 1 aliphatic carbocycles. The first-order valence-electron chi connectivity index (χ1n) is 7.13. The monoisotopic (exact) mass is 274 g/mol. The maximum Gasteiger partial charge on any atom is 0.183 e. The van der Waals surface area contributed by atoms with Crippen molar-refractivity contribution in [2.24, 2.45) is 13.0 Å². The van der Waals surface area contributed by atoms with E-state index in [1.165, 1.54) is 12.8 Å². The first kappa shape index (κ1) is 12.0. The van der Waals surface area contributed by atoms with Crippen molar-refractivity contribution in [2.75, 3.05) is 18.0 Å². The summed E-state index contributed by atoms with van der Waals surface area (Å²) >= 11 is 0. The summed E-state index contributed by atoms with van der Waals surface area (Å²) in [5.74, 6) is 1.60. The maximum absolute atomic E-state index is 6.05. The summed E-state index contributed by atoms with van der Waals surface area (Å²) in [7, 11) is 1.85. The number of anilines is 1. The molecule has 7 heteroatoms. The maximum atomic E-state index is 6.05. The molecule has 2 aliphatic rings. The Morgan fingerprint density at radius 1 is 1.25 bits per heavy atom. The zero-order valence-electron chi connectivity index (χ0n) is 11.7. The fourth-order valence-corrected chi connectivity index (χ4v) is 2.96. The number of nitrogens with zero attached hydrogens (tertiary/aromatic N) is 6. The van der Waals surface area contributed by atoms with Crippen molar-refractivity contribution in [3.63, 3.8) is 0 Å². The van der Waals surface area contributed by atoms with Crippen LogP contribution in [0.4, 0.5) is 5.82 Å². The predicted molar refractivity (Wildman–Crippen MR) is 73.4 cm³/mol. The molecule has 1 saturated carbocycles. The molecule has 106 valence electrons. The molecule has 2 aromatic rings. The standard InChI is InChI=1S/C13H18N6O/c1-8-5-19(6-10(20-8)9-3-4-9)13-11-12(14-7-15-13)18(2)17-16-11/h7-10H,3-6H2,1-2H3. The van der Waals surface area contributed by atoms with Crippen LogP contribution in [0.5, 0.6) is 0 Å². The fourth-order valence-electron chi connectivity index (χ4n) is 2.96. The highest BCUT2D eigenvalue weighted by Crippen LogP contribution is 2.37. The second-order valence-electron chi connectivity index (χ2n) is 5.81. The highest BCUT2D eigenvalue weighted by atomic mass is 16.5. The molecule has 0 aromatic carbocycles. The van der Waals surface area contributed by atoms with Crippen molar-refractivity contribution in [1.29, 1.82) is 0 Å². The predicted octanol–water partition coefficient (Wildman–Crippen LogP) is 0.762. The van der Waals surface area contributed by atoms with Gasteiger partial charge in [-0.1, -0.05) is 5.21 Å². The highest BCUT2D eigenvalue weighted by molar-refractivity contribution is 5.82. The van der Waals surface area contributed by atoms with Crippen LogP contribution < -0.4 is 4.90 Å². The van der Waals surface area contributed by atoms with Crippen molar-refractivity contribution in [3.05, 3.63) is 6.33 Å². The van der Waals surface area contributed by atoms with E-state index in [4.69, 9.17) is 4.74 Å². The van der Waals surface area contributed by atoms with Gasteiger partial charge in [-0.15, -0.1) is 5.10 Å². The molecule has 0 radical (unpaired) electrons. The van der Waals surface area contributed by atoms with Gasteiger partial charge in [0.25, 0.3) is 0 Å². The van der Waals surface area contributed by atoms with Gasteiger partial charge in [0.2, 0.25) is 0 Å². The van der Waals surface area contributed by atoms with Gasteiger partial charge < -0.3 is 9.64 Å². The van der Waals surface area contributed by atoms with E-state index in [9.17, 15) is 0 Å². The largest absolute Gasteiger partial charge is 0.371 e. The van der Waals surface area contributed by atoms with E-state index in [1.54, 1.807) is 11.0 Å². The van der Waals surface area contributed by atoms with Crippen LogP contribution in [0, 0.1) is 5.92 Å². The van der Waals surface area contributed by atoms with E-state index in [1.807, 2.05) is 7.05 Å². The summed E-state index contributed by atoms with van der Waals surface area (Å²) in [6.45, 7) is 3.85. The Bertz CT molecular complexity index is 637. The molecule has 2 fully saturated rings. The quantitative estimate of drug-likeness (QED) is 0.805. The van der Waals surface area contributed by atoms with Gasteiger partial charge in [-0.2, -0.15) is 0 Å². The lowest BCUT2D eigenvalue weighted by Gasteiger charge is -2.37. The Morgan fingerprint density at radius 3 is 2.90 bits per heavy atom. The molecule has 20 heavy (non-hydrogen) atoms. The molecule has 0 N–H and O–H groups in total. The zero-order chi connectivity index (χ0) is 13.7. The number of aryl methyl sites for hydroxylation is 1. The molecule has 1 saturated heterocycles. The summed E-state index contributed by atoms with van der Waals surface area (Å²) in [5, 5.41) is 8.25. The molecule has 2 atom stereocenters. The number of hydrogen-bond donors (Lipinski definition) is 0. The topological polar surface area (TPSA) is 69.0 Å². The highest BCUT2D eigenvalue weighted by Gasteiger charge is 2.38. The minimum atomic E-state index is 0.219. The van der Waals surface area contributed by atoms with E-state index in [2.05, 4.69) is 32.1 Å². The van der Waals surface area contributed by atoms with E-state index in [-0.39, 0.29) is 6.10 Å². The van der Waals surface area contributed by atoms with Crippen LogP contribution in [0.15, 0.2) is 6.33 Å². The third-order valence-electron chi connectivity index (χ3n) is 4.10. The molecular formula is C13H18N6O. The Labute approximate surface area is 116 Å². The van der Waals surface area contributed by atoms with E-state index in [0.717, 1.165) is 36.0 Å². The van der Waals surface area contributed by atoms with Gasteiger partial charge in [0, 0.05) is 20.1 Å². The Kier molecular flexibility index (Phi) is 2.63. The SMILES string of the molecule is CC1CN(c2ncnc3c2nnn3C)CC(C2CC2)O1. The van der Waals surface area contributed by atoms with Gasteiger partial charge in [-0.25, -0.2) is 14.6 Å². The summed E-state index contributed by atoms with van der Waals surface area (Å²) in [6.07, 6.45) is 4.70. The third-order valence-corrected chi connectivity index (χ3v) is 4.10. The van der Waals surface area contributed by atoms with Crippen LogP contribution in [0.2, 0.25) is 0 Å². The van der Waals surface area contributed by atoms with Crippen molar-refractivity contribution >= 4 is 17.0 Å². The average Bonchev–Trinajstić information content (AvgIpc) is 3.23. The molecule has 0 spiro atoms. The van der Waals surface area contributed by atoms with Gasteiger partial charge in [0.15, 0.2) is 17.0 Å². The molecule has 0 bridgehead atoms. The molecular weight excluding hydrogens is 256 g/mol. The normalized spacial score (nSPS) is 27.2. The Balaban J connectivity index is 1.70. The molecule has 2 aromatic heterocycles. The smallest absolute Gasteiger partial charge is 0.183 e. The first-order chi connectivity index (χ1) is 9.72. The van der Waals surface area contributed by atoms with Gasteiger partial charge in [0.1, 0.15) is 6.33 Å². The van der Waals surface area contributed by atoms with E-state index < -0.39 is 0 Å². The first-order valence-corrected chi connectivity index (χ1v) is 7.13. The number of ether oxygens (including phenoxy) is 1. The van der Waals surface area contributed by atoms with Crippen LogP contribution in [0.25, 0.3) is 11.2 Å². The van der Waals surface area contributed by atoms with Gasteiger partial charge in [-0.3, -0.25) is 0 Å². The lowest BCUT2D eigenvalue weighted by atomic mass is 10.1. The Hall–Kier alpha value is -1.76. The van der Waals surface area contributed by atoms with Crippen LogP contribution in [-0.4, -0.2) is 50.3 Å². The molecule has 3 heterocycles. The number of hydrogen-bond acceptors (Lipinski definition) is 6. The van der Waals surface area contributed by atoms with Crippen LogP contribution in [0.3, 0.4) is 0 Å². The van der Waals surface area contributed by atoms with Crippen molar-refractivity contribution < 1.29 is 4.74 Å². The summed E-state index contributed by atoms with van der Waals surface area (Å²) in [5.41, 5.74) is 1.55. The summed E-state index contributed by atoms with van der Waals surface area (Å²) < 4.78 is 7.74. The van der Waals surface area contributed by atoms with Gasteiger partial charge in [0.05, 0.1) is 12.2 Å². The van der Waals surface area contributed by atoms with Crippen molar-refractivity contribution in [2.45, 2.75) is 32.0 Å². The summed E-state index contributed by atoms with van der Waals surface area (Å²) in [6, 6.07) is 0. The number of morpholine rings is 1. The molecule has 2 unspecified atom stereocenters. The van der Waals surface area contributed by atoms with Crippen LogP contribution in [0.1, 0.15) is 19.8 Å². The molecule has 0 amide bonds. The lowest BCUT2D eigenvalue weighted by Crippen LogP contribution is -2.48. The molecule has 1 aliphatic heterocycles. The fraction of sp³-hybridized carbons (Fsp3) is 0.692. The van der Waals surface area contributed by atoms with E-state index >= 15 is 0 Å². The Morgan fingerprint density at radius 2 is 2.10 bits per heavy atom. The lowest BCUT2D eigenvalue weighted by molar-refractivity contribution is -0.0273. The number of rotatable bonds is 2. The minimum Gasteiger partial charge on any atom is -0.371 e. The van der Waals surface area contributed by atoms with Gasteiger partial charge >= 0.3 is 0 Å². The van der Waals surface area contributed by atoms with Crippen molar-refractivity contribution in [3.8, 4) is 0 Å². The van der Waals surface area contributed by atoms with Gasteiger partial charge in [-0.05, 0) is 25.7 Å². The molecule has 7 nitrogen and oxygen atoms in total. The third kappa shape index (κ3) is 1.93. The van der Waals surface area contributed by atoms with Crippen LogP contribution >= 0.6 is 0 Å². The second kappa shape index (κ2) is 4.37. The van der Waals surface area contributed by atoms with Crippen molar-refractivity contribution in [1.82, 2.24) is 25.0 Å².